The summed E-state index contributed by atoms with van der Waals surface area (Å²) in [4.78, 5) is 0. The van der Waals surface area contributed by atoms with Crippen LogP contribution in [0.2, 0.25) is 0 Å². The molecule has 1 fully saturated rings. The van der Waals surface area contributed by atoms with Gasteiger partial charge < -0.3 is 10.4 Å². The van der Waals surface area contributed by atoms with Crippen molar-refractivity contribution in [1.82, 2.24) is 5.32 Å². The van der Waals surface area contributed by atoms with E-state index in [0.717, 1.165) is 35.7 Å². The van der Waals surface area contributed by atoms with Crippen LogP contribution in [-0.2, 0) is 5.60 Å². The molecule has 2 nitrogen and oxygen atoms in total. The van der Waals surface area contributed by atoms with Gasteiger partial charge in [-0.3, -0.25) is 0 Å². The third kappa shape index (κ3) is 2.32. The fraction of sp³-hybridized carbons (Fsp3) is 0.368. The highest BCUT2D eigenvalue weighted by molar-refractivity contribution is 9.10. The molecule has 3 atom stereocenters. The Bertz CT molecular complexity index is 673. The topological polar surface area (TPSA) is 32.3 Å². The highest BCUT2D eigenvalue weighted by Crippen LogP contribution is 2.43. The molecule has 0 bridgehead atoms. The van der Waals surface area contributed by atoms with Crippen LogP contribution in [0, 0.1) is 0 Å². The van der Waals surface area contributed by atoms with Crippen LogP contribution >= 0.6 is 15.9 Å². The van der Waals surface area contributed by atoms with Crippen molar-refractivity contribution in [3.63, 3.8) is 0 Å². The fourth-order valence-electron chi connectivity index (χ4n) is 3.98. The molecule has 2 N–H and O–H groups in total. The number of hydrogen-bond donors (Lipinski definition) is 2. The Labute approximate surface area is 139 Å². The Hall–Kier alpha value is -1.16. The van der Waals surface area contributed by atoms with Crippen LogP contribution in [0.5, 0.6) is 0 Å². The average molecular weight is 358 g/mol. The molecule has 3 unspecified atom stereocenters. The van der Waals surface area contributed by atoms with Gasteiger partial charge in [0.15, 0.2) is 0 Å². The Balaban J connectivity index is 1.74. The van der Waals surface area contributed by atoms with E-state index in [1.54, 1.807) is 0 Å². The van der Waals surface area contributed by atoms with Crippen LogP contribution in [0.1, 0.15) is 31.2 Å². The average Bonchev–Trinajstić information content (AvgIpc) is 2.54. The maximum Gasteiger partial charge on any atom is 0.109 e. The van der Waals surface area contributed by atoms with Gasteiger partial charge in [-0.2, -0.15) is 0 Å². The van der Waals surface area contributed by atoms with Crippen molar-refractivity contribution in [2.24, 2.45) is 0 Å². The minimum absolute atomic E-state index is 0.0241. The smallest absolute Gasteiger partial charge is 0.109 e. The van der Waals surface area contributed by atoms with Crippen LogP contribution in [0.25, 0.3) is 0 Å². The molecular weight excluding hydrogens is 338 g/mol. The van der Waals surface area contributed by atoms with Crippen molar-refractivity contribution < 1.29 is 5.11 Å². The van der Waals surface area contributed by atoms with Gasteiger partial charge in [-0.05, 0) is 54.5 Å². The van der Waals surface area contributed by atoms with Crippen molar-refractivity contribution in [2.45, 2.75) is 43.4 Å². The number of benzene rings is 1. The van der Waals surface area contributed by atoms with Crippen molar-refractivity contribution >= 4 is 15.9 Å². The minimum Gasteiger partial charge on any atom is -0.383 e. The lowest BCUT2D eigenvalue weighted by Crippen LogP contribution is -2.57. The molecule has 1 saturated carbocycles. The predicted octanol–water partition coefficient (Wildman–Crippen LogP) is 3.97. The van der Waals surface area contributed by atoms with E-state index < -0.39 is 5.60 Å². The summed E-state index contributed by atoms with van der Waals surface area (Å²) in [6.07, 6.45) is 12.8. The number of aliphatic hydroxyl groups is 1. The third-order valence-corrected chi connectivity index (χ3v) is 5.66. The Morgan fingerprint density at radius 3 is 2.86 bits per heavy atom. The van der Waals surface area contributed by atoms with E-state index in [1.807, 2.05) is 24.3 Å². The second kappa shape index (κ2) is 5.48. The number of hydrogen-bond acceptors (Lipinski definition) is 2. The second-order valence-corrected chi connectivity index (χ2v) is 7.40. The highest BCUT2D eigenvalue weighted by Gasteiger charge is 2.45. The summed E-state index contributed by atoms with van der Waals surface area (Å²) in [5.74, 6) is 0. The molecule has 1 heterocycles. The lowest BCUT2D eigenvalue weighted by Gasteiger charge is -2.47. The number of rotatable bonds is 1. The number of allylic oxidation sites excluding steroid dienone is 2. The van der Waals surface area contributed by atoms with Crippen molar-refractivity contribution in [3.8, 4) is 0 Å². The quantitative estimate of drug-likeness (QED) is 0.796. The van der Waals surface area contributed by atoms with Gasteiger partial charge in [0.1, 0.15) is 5.60 Å². The summed E-state index contributed by atoms with van der Waals surface area (Å²) < 4.78 is 1.05. The van der Waals surface area contributed by atoms with Gasteiger partial charge in [-0.15, -0.1) is 0 Å². The molecule has 2 aliphatic carbocycles. The van der Waals surface area contributed by atoms with Crippen molar-refractivity contribution in [3.05, 3.63) is 69.8 Å². The molecule has 3 heteroatoms. The predicted molar refractivity (Wildman–Crippen MR) is 92.5 cm³/mol. The largest absolute Gasteiger partial charge is 0.383 e. The van der Waals surface area contributed by atoms with Crippen molar-refractivity contribution in [1.29, 1.82) is 0 Å². The van der Waals surface area contributed by atoms with Gasteiger partial charge in [0.2, 0.25) is 0 Å². The summed E-state index contributed by atoms with van der Waals surface area (Å²) in [7, 11) is 0. The Kier molecular flexibility index (Phi) is 3.60. The fourth-order valence-corrected chi connectivity index (χ4v) is 4.25. The summed E-state index contributed by atoms with van der Waals surface area (Å²) >= 11 is 3.48. The van der Waals surface area contributed by atoms with Crippen LogP contribution in [0.15, 0.2) is 64.2 Å². The Morgan fingerprint density at radius 2 is 2.05 bits per heavy atom. The van der Waals surface area contributed by atoms with E-state index in [4.69, 9.17) is 0 Å². The van der Waals surface area contributed by atoms with E-state index in [2.05, 4.69) is 45.6 Å². The van der Waals surface area contributed by atoms with Crippen LogP contribution < -0.4 is 5.32 Å². The van der Waals surface area contributed by atoms with Gasteiger partial charge in [0.05, 0.1) is 6.04 Å². The van der Waals surface area contributed by atoms with Crippen molar-refractivity contribution in [2.75, 3.05) is 0 Å². The number of nitrogens with one attached hydrogen (secondary N) is 1. The molecule has 0 radical (unpaired) electrons. The summed E-state index contributed by atoms with van der Waals surface area (Å²) in [6, 6.07) is 8.47. The molecule has 0 saturated heterocycles. The van der Waals surface area contributed by atoms with E-state index in [1.165, 1.54) is 11.1 Å². The third-order valence-electron chi connectivity index (χ3n) is 5.13. The Morgan fingerprint density at radius 1 is 1.23 bits per heavy atom. The maximum atomic E-state index is 11.5. The van der Waals surface area contributed by atoms with Gasteiger partial charge in [0.25, 0.3) is 0 Å². The molecule has 3 aliphatic rings. The summed E-state index contributed by atoms with van der Waals surface area (Å²) in [5, 5.41) is 15.2. The minimum atomic E-state index is -0.808. The van der Waals surface area contributed by atoms with E-state index in [9.17, 15) is 5.11 Å². The summed E-state index contributed by atoms with van der Waals surface area (Å²) in [5.41, 5.74) is 2.90. The van der Waals surface area contributed by atoms with Crippen LogP contribution in [-0.4, -0.2) is 17.2 Å². The summed E-state index contributed by atoms with van der Waals surface area (Å²) in [6.45, 7) is 0. The normalized spacial score (nSPS) is 33.5. The molecule has 0 aromatic heterocycles. The first kappa shape index (κ1) is 14.4. The van der Waals surface area contributed by atoms with E-state index in [0.29, 0.717) is 6.04 Å². The molecule has 114 valence electrons. The molecule has 0 amide bonds. The molecule has 0 spiro atoms. The molecular formula is C19H20BrNO. The standard InChI is InChI=1S/C19H20BrNO/c20-16-9-7-15(8-10-16)19(22)11-3-5-14-12-13-4-1-2-6-17(13)21-18(14)19/h1-2,4,7-10,12,17-18,21-22H,3,5-6,11H2. The van der Waals surface area contributed by atoms with E-state index in [-0.39, 0.29) is 6.04 Å². The van der Waals surface area contributed by atoms with Crippen LogP contribution in [0.4, 0.5) is 0 Å². The van der Waals surface area contributed by atoms with Crippen LogP contribution in [0.3, 0.4) is 0 Å². The zero-order valence-electron chi connectivity index (χ0n) is 12.4. The molecule has 1 aromatic rings. The first-order chi connectivity index (χ1) is 10.7. The zero-order chi connectivity index (χ0) is 15.2. The highest BCUT2D eigenvalue weighted by atomic mass is 79.9. The number of halogens is 1. The van der Waals surface area contributed by atoms with E-state index >= 15 is 0 Å². The molecule has 22 heavy (non-hydrogen) atoms. The van der Waals surface area contributed by atoms with Gasteiger partial charge in [-0.1, -0.05) is 52.4 Å². The molecule has 4 rings (SSSR count). The number of fused-ring (bicyclic) bond motifs is 2. The van der Waals surface area contributed by atoms with Gasteiger partial charge >= 0.3 is 0 Å². The van der Waals surface area contributed by atoms with Gasteiger partial charge in [0, 0.05) is 10.5 Å². The first-order valence-corrected chi connectivity index (χ1v) is 8.78. The maximum absolute atomic E-state index is 11.5. The second-order valence-electron chi connectivity index (χ2n) is 6.49. The van der Waals surface area contributed by atoms with Gasteiger partial charge in [-0.25, -0.2) is 0 Å². The lowest BCUT2D eigenvalue weighted by molar-refractivity contribution is -0.0169. The SMILES string of the molecule is OC1(c2ccc(Br)cc2)CCCC2=CC3=CC=CCC3NC21. The first-order valence-electron chi connectivity index (χ1n) is 7.98. The zero-order valence-corrected chi connectivity index (χ0v) is 14.0. The lowest BCUT2D eigenvalue weighted by atomic mass is 9.70. The molecule has 1 aromatic carbocycles. The molecule has 1 aliphatic heterocycles. The monoisotopic (exact) mass is 357 g/mol.